The van der Waals surface area contributed by atoms with Crippen molar-refractivity contribution in [1.82, 2.24) is 0 Å². The normalized spacial score (nSPS) is 10.2. The van der Waals surface area contributed by atoms with Crippen molar-refractivity contribution in [3.63, 3.8) is 0 Å². The number of para-hydroxylation sites is 1. The minimum absolute atomic E-state index is 0.0602. The number of hydrogen-bond acceptors (Lipinski definition) is 3. The molecule has 3 N–H and O–H groups in total. The van der Waals surface area contributed by atoms with Gasteiger partial charge < -0.3 is 15.8 Å². The molecule has 0 aliphatic carbocycles. The summed E-state index contributed by atoms with van der Waals surface area (Å²) in [6.45, 7) is 0. The van der Waals surface area contributed by atoms with E-state index in [1.165, 1.54) is 43.5 Å². The second-order valence-electron chi connectivity index (χ2n) is 4.01. The van der Waals surface area contributed by atoms with E-state index < -0.39 is 11.7 Å². The van der Waals surface area contributed by atoms with Gasteiger partial charge in [-0.3, -0.25) is 4.79 Å². The van der Waals surface area contributed by atoms with Crippen LogP contribution in [0.3, 0.4) is 0 Å². The van der Waals surface area contributed by atoms with Crippen molar-refractivity contribution in [2.75, 3.05) is 18.2 Å². The van der Waals surface area contributed by atoms with Gasteiger partial charge in [-0.2, -0.15) is 0 Å². The molecule has 0 radical (unpaired) electrons. The number of amides is 1. The highest BCUT2D eigenvalue weighted by Gasteiger charge is 2.13. The van der Waals surface area contributed by atoms with Crippen LogP contribution in [-0.2, 0) is 0 Å². The Morgan fingerprint density at radius 2 is 2.10 bits per heavy atom. The highest BCUT2D eigenvalue weighted by molar-refractivity contribution is 6.34. The van der Waals surface area contributed by atoms with E-state index in [0.29, 0.717) is 11.4 Å². The number of rotatable bonds is 3. The van der Waals surface area contributed by atoms with E-state index in [-0.39, 0.29) is 16.3 Å². The molecule has 1 amide bonds. The molecule has 0 aliphatic rings. The summed E-state index contributed by atoms with van der Waals surface area (Å²) in [6, 6.07) is 8.69. The van der Waals surface area contributed by atoms with Crippen LogP contribution >= 0.6 is 11.6 Å². The van der Waals surface area contributed by atoms with Gasteiger partial charge in [0.1, 0.15) is 11.6 Å². The summed E-state index contributed by atoms with van der Waals surface area (Å²) in [5, 5.41) is 2.55. The first-order chi connectivity index (χ1) is 9.52. The Morgan fingerprint density at radius 3 is 2.75 bits per heavy atom. The van der Waals surface area contributed by atoms with Crippen molar-refractivity contribution in [2.45, 2.75) is 0 Å². The lowest BCUT2D eigenvalue weighted by Gasteiger charge is -2.10. The zero-order valence-electron chi connectivity index (χ0n) is 10.6. The molecular weight excluding hydrogens is 283 g/mol. The third-order valence-electron chi connectivity index (χ3n) is 2.70. The number of carbonyl (C=O) groups is 1. The minimum Gasteiger partial charge on any atom is -0.495 e. The Bertz CT molecular complexity index is 641. The number of ether oxygens (including phenoxy) is 1. The molecule has 20 heavy (non-hydrogen) atoms. The van der Waals surface area contributed by atoms with Crippen LogP contribution in [0, 0.1) is 5.82 Å². The van der Waals surface area contributed by atoms with E-state index in [2.05, 4.69) is 5.32 Å². The SMILES string of the molecule is COc1cc(C(=O)Nc2c(F)cccc2Cl)ccc1N. The van der Waals surface area contributed by atoms with Crippen LogP contribution in [0.5, 0.6) is 5.75 Å². The molecule has 0 bridgehead atoms. The van der Waals surface area contributed by atoms with Crippen LogP contribution in [0.1, 0.15) is 10.4 Å². The van der Waals surface area contributed by atoms with Crippen LogP contribution in [-0.4, -0.2) is 13.0 Å². The summed E-state index contributed by atoms with van der Waals surface area (Å²) >= 11 is 5.85. The van der Waals surface area contributed by atoms with E-state index in [4.69, 9.17) is 22.1 Å². The van der Waals surface area contributed by atoms with E-state index in [1.807, 2.05) is 0 Å². The minimum atomic E-state index is -0.603. The van der Waals surface area contributed by atoms with Crippen molar-refractivity contribution in [1.29, 1.82) is 0 Å². The Balaban J connectivity index is 2.29. The number of nitrogens with one attached hydrogen (secondary N) is 1. The highest BCUT2D eigenvalue weighted by atomic mass is 35.5. The standard InChI is InChI=1S/C14H12ClFN2O2/c1-20-12-7-8(5-6-11(12)17)14(19)18-13-9(15)3-2-4-10(13)16/h2-7H,17H2,1H3,(H,18,19). The number of methoxy groups -OCH3 is 1. The zero-order valence-corrected chi connectivity index (χ0v) is 11.4. The quantitative estimate of drug-likeness (QED) is 0.854. The molecule has 0 unspecified atom stereocenters. The number of benzene rings is 2. The van der Waals surface area contributed by atoms with Gasteiger partial charge in [-0.05, 0) is 30.3 Å². The lowest BCUT2D eigenvalue weighted by molar-refractivity contribution is 0.102. The number of nitrogen functional groups attached to an aromatic ring is 1. The number of hydrogen-bond donors (Lipinski definition) is 2. The predicted octanol–water partition coefficient (Wildman–Crippen LogP) is 3.32. The van der Waals surface area contributed by atoms with Crippen LogP contribution in [0.25, 0.3) is 0 Å². The molecule has 0 fully saturated rings. The molecule has 0 saturated carbocycles. The smallest absolute Gasteiger partial charge is 0.255 e. The monoisotopic (exact) mass is 294 g/mol. The van der Waals surface area contributed by atoms with Gasteiger partial charge in [-0.1, -0.05) is 17.7 Å². The number of anilines is 2. The second kappa shape index (κ2) is 5.79. The van der Waals surface area contributed by atoms with Gasteiger partial charge in [-0.15, -0.1) is 0 Å². The van der Waals surface area contributed by atoms with Crippen LogP contribution in [0.15, 0.2) is 36.4 Å². The third kappa shape index (κ3) is 2.83. The Morgan fingerprint density at radius 1 is 1.35 bits per heavy atom. The van der Waals surface area contributed by atoms with E-state index in [0.717, 1.165) is 0 Å². The molecule has 4 nitrogen and oxygen atoms in total. The summed E-state index contributed by atoms with van der Waals surface area (Å²) < 4.78 is 18.6. The number of nitrogens with two attached hydrogens (primary N) is 1. The maximum atomic E-state index is 13.6. The Hall–Kier alpha value is -2.27. The average Bonchev–Trinajstić information content (AvgIpc) is 2.43. The van der Waals surface area contributed by atoms with Gasteiger partial charge >= 0.3 is 0 Å². The predicted molar refractivity (Wildman–Crippen MR) is 76.8 cm³/mol. The van der Waals surface area contributed by atoms with Gasteiger partial charge in [0.25, 0.3) is 5.91 Å². The average molecular weight is 295 g/mol. The Kier molecular flexibility index (Phi) is 4.10. The third-order valence-corrected chi connectivity index (χ3v) is 3.01. The first-order valence-electron chi connectivity index (χ1n) is 5.72. The Labute approximate surface area is 120 Å². The number of carbonyl (C=O) groups excluding carboxylic acids is 1. The van der Waals surface area contributed by atoms with Crippen molar-refractivity contribution >= 4 is 28.9 Å². The molecule has 2 aromatic rings. The van der Waals surface area contributed by atoms with Gasteiger partial charge in [-0.25, -0.2) is 4.39 Å². The molecule has 0 saturated heterocycles. The second-order valence-corrected chi connectivity index (χ2v) is 4.41. The first kappa shape index (κ1) is 14.1. The van der Waals surface area contributed by atoms with Gasteiger partial charge in [0.15, 0.2) is 0 Å². The highest BCUT2D eigenvalue weighted by Crippen LogP contribution is 2.26. The summed E-state index contributed by atoms with van der Waals surface area (Å²) in [7, 11) is 1.45. The number of halogens is 2. The molecule has 0 aromatic heterocycles. The van der Waals surface area contributed by atoms with Crippen molar-refractivity contribution in [3.8, 4) is 5.75 Å². The summed E-state index contributed by atoms with van der Waals surface area (Å²) in [6.07, 6.45) is 0. The first-order valence-corrected chi connectivity index (χ1v) is 6.09. The summed E-state index contributed by atoms with van der Waals surface area (Å²) in [5.74, 6) is -0.735. The fraction of sp³-hybridized carbons (Fsp3) is 0.0714. The lowest BCUT2D eigenvalue weighted by atomic mass is 10.1. The largest absolute Gasteiger partial charge is 0.495 e. The molecular formula is C14H12ClFN2O2. The lowest BCUT2D eigenvalue weighted by Crippen LogP contribution is -2.13. The molecule has 2 aromatic carbocycles. The van der Waals surface area contributed by atoms with Crippen molar-refractivity contribution in [3.05, 3.63) is 52.8 Å². The van der Waals surface area contributed by atoms with Crippen LogP contribution < -0.4 is 15.8 Å². The summed E-state index contributed by atoms with van der Waals surface area (Å²) in [4.78, 5) is 12.1. The molecule has 104 valence electrons. The fourth-order valence-corrected chi connectivity index (χ4v) is 1.87. The topological polar surface area (TPSA) is 64.3 Å². The molecule has 2 rings (SSSR count). The zero-order chi connectivity index (χ0) is 14.7. The van der Waals surface area contributed by atoms with E-state index >= 15 is 0 Å². The fourth-order valence-electron chi connectivity index (χ4n) is 1.66. The summed E-state index contributed by atoms with van der Waals surface area (Å²) in [5.41, 5.74) is 6.30. The van der Waals surface area contributed by atoms with Gasteiger partial charge in [0.05, 0.1) is 23.5 Å². The van der Waals surface area contributed by atoms with Crippen LogP contribution in [0.2, 0.25) is 5.02 Å². The van der Waals surface area contributed by atoms with Crippen molar-refractivity contribution in [2.24, 2.45) is 0 Å². The van der Waals surface area contributed by atoms with E-state index in [1.54, 1.807) is 0 Å². The van der Waals surface area contributed by atoms with Crippen molar-refractivity contribution < 1.29 is 13.9 Å². The maximum Gasteiger partial charge on any atom is 0.255 e. The molecule has 0 atom stereocenters. The molecule has 0 heterocycles. The molecule has 6 heteroatoms. The van der Waals surface area contributed by atoms with Gasteiger partial charge in [0.2, 0.25) is 0 Å². The van der Waals surface area contributed by atoms with Crippen LogP contribution in [0.4, 0.5) is 15.8 Å². The van der Waals surface area contributed by atoms with E-state index in [9.17, 15) is 9.18 Å². The molecule has 0 aliphatic heterocycles. The van der Waals surface area contributed by atoms with Gasteiger partial charge in [0, 0.05) is 5.56 Å². The maximum absolute atomic E-state index is 13.6. The molecule has 0 spiro atoms.